The number of amides is 1. The van der Waals surface area contributed by atoms with Crippen LogP contribution >= 0.6 is 11.3 Å². The molecule has 3 aromatic rings. The van der Waals surface area contributed by atoms with Gasteiger partial charge in [-0.1, -0.05) is 41.2 Å². The van der Waals surface area contributed by atoms with Gasteiger partial charge in [0.05, 0.1) is 24.8 Å². The van der Waals surface area contributed by atoms with E-state index in [1.54, 1.807) is 6.20 Å². The molecule has 1 atom stereocenters. The summed E-state index contributed by atoms with van der Waals surface area (Å²) in [7, 11) is 0. The van der Waals surface area contributed by atoms with Crippen LogP contribution in [0.15, 0.2) is 36.5 Å². The maximum atomic E-state index is 13.1. The number of carbonyl (C=O) groups is 1. The number of aromatic nitrogens is 2. The van der Waals surface area contributed by atoms with Crippen molar-refractivity contribution >= 4 is 34.0 Å². The summed E-state index contributed by atoms with van der Waals surface area (Å²) in [6, 6.07) is 13.2. The maximum absolute atomic E-state index is 13.1. The van der Waals surface area contributed by atoms with E-state index in [4.69, 9.17) is 4.98 Å². The Morgan fingerprint density at radius 3 is 2.66 bits per heavy atom. The third-order valence-electron chi connectivity index (χ3n) is 7.63. The number of carbonyl (C=O) groups excluding carboxylic acids is 1. The molecule has 2 fully saturated rings. The summed E-state index contributed by atoms with van der Waals surface area (Å²) >= 11 is 1.28. The van der Waals surface area contributed by atoms with Crippen molar-refractivity contribution in [2.45, 2.75) is 77.0 Å². The van der Waals surface area contributed by atoms with Gasteiger partial charge in [0.2, 0.25) is 5.91 Å². The second-order valence-electron chi connectivity index (χ2n) is 10.4. The van der Waals surface area contributed by atoms with E-state index in [9.17, 15) is 15.2 Å². The van der Waals surface area contributed by atoms with Crippen LogP contribution in [0.1, 0.15) is 71.7 Å². The van der Waals surface area contributed by atoms with E-state index in [1.165, 1.54) is 22.5 Å². The lowest BCUT2D eigenvalue weighted by Crippen LogP contribution is -2.39. The highest BCUT2D eigenvalue weighted by molar-refractivity contribution is 7.16. The molecule has 1 amide bonds. The first kappa shape index (κ1) is 26.1. The molecule has 198 valence electrons. The van der Waals surface area contributed by atoms with E-state index in [1.807, 2.05) is 6.92 Å². The van der Waals surface area contributed by atoms with Gasteiger partial charge in [0.15, 0.2) is 5.13 Å². The van der Waals surface area contributed by atoms with Crippen molar-refractivity contribution in [3.63, 3.8) is 0 Å². The number of aliphatic hydroxyl groups excluding tert-OH is 1. The number of thiazole rings is 1. The average molecular weight is 531 g/mol. The number of rotatable bonds is 7. The normalized spacial score (nSPS) is 21.2. The molecule has 3 heterocycles. The Labute approximate surface area is 227 Å². The largest absolute Gasteiger partial charge is 0.393 e. The van der Waals surface area contributed by atoms with Crippen molar-refractivity contribution in [1.29, 1.82) is 5.26 Å². The molecule has 3 N–H and O–H groups in total. The minimum Gasteiger partial charge on any atom is -0.393 e. The van der Waals surface area contributed by atoms with Gasteiger partial charge in [-0.25, -0.2) is 9.97 Å². The highest BCUT2D eigenvalue weighted by atomic mass is 32.1. The van der Waals surface area contributed by atoms with Crippen LogP contribution in [0, 0.1) is 25.2 Å². The van der Waals surface area contributed by atoms with E-state index in [2.05, 4.69) is 63.8 Å². The molecule has 0 spiro atoms. The first-order valence-corrected chi connectivity index (χ1v) is 14.2. The van der Waals surface area contributed by atoms with E-state index < -0.39 is 0 Å². The second-order valence-corrected chi connectivity index (χ2v) is 11.4. The zero-order valence-corrected chi connectivity index (χ0v) is 22.7. The molecule has 1 aliphatic heterocycles. The molecule has 2 aromatic heterocycles. The fraction of sp³-hybridized carbons (Fsp3) is 0.448. The van der Waals surface area contributed by atoms with Gasteiger partial charge in [-0.05, 0) is 75.1 Å². The van der Waals surface area contributed by atoms with Gasteiger partial charge in [-0.2, -0.15) is 5.26 Å². The van der Waals surface area contributed by atoms with E-state index in [0.29, 0.717) is 15.8 Å². The molecule has 38 heavy (non-hydrogen) atoms. The fourth-order valence-electron chi connectivity index (χ4n) is 5.43. The molecule has 1 aromatic carbocycles. The summed E-state index contributed by atoms with van der Waals surface area (Å²) in [4.78, 5) is 25.3. The van der Waals surface area contributed by atoms with Gasteiger partial charge >= 0.3 is 0 Å². The SMILES string of the molecule is Cc1ccc(C2CCCN2c2cc(CC(=O)NC3CCC(O)CC3)c(C)c(Nc3ncc(C#N)s3)n2)cc1. The second kappa shape index (κ2) is 11.5. The van der Waals surface area contributed by atoms with Crippen LogP contribution in [-0.2, 0) is 11.2 Å². The average Bonchev–Trinajstić information content (AvgIpc) is 3.58. The van der Waals surface area contributed by atoms with Crippen LogP contribution in [0.5, 0.6) is 0 Å². The van der Waals surface area contributed by atoms with Gasteiger partial charge in [-0.3, -0.25) is 4.79 Å². The number of nitrogens with zero attached hydrogens (tertiary/aromatic N) is 4. The Morgan fingerprint density at radius 1 is 1.18 bits per heavy atom. The monoisotopic (exact) mass is 530 g/mol. The number of nitrogens with one attached hydrogen (secondary N) is 2. The van der Waals surface area contributed by atoms with Crippen LogP contribution in [0.3, 0.4) is 0 Å². The summed E-state index contributed by atoms with van der Waals surface area (Å²) in [5.41, 5.74) is 4.31. The summed E-state index contributed by atoms with van der Waals surface area (Å²) in [6.45, 7) is 4.96. The van der Waals surface area contributed by atoms with E-state index in [-0.39, 0.29) is 30.5 Å². The number of aliphatic hydroxyl groups is 1. The molecule has 1 saturated heterocycles. The highest BCUT2D eigenvalue weighted by Gasteiger charge is 2.29. The number of aryl methyl sites for hydroxylation is 1. The zero-order valence-electron chi connectivity index (χ0n) is 21.9. The van der Waals surface area contributed by atoms with E-state index in [0.717, 1.165) is 62.0 Å². The standard InChI is InChI=1S/C29H34N6O2S/c1-18-5-7-20(8-6-18)25-4-3-13-35(25)26-14-21(15-27(37)32-22-9-11-23(36)12-10-22)19(2)28(33-26)34-29-31-17-24(16-30)38-29/h5-8,14,17,22-23,25,36H,3-4,9-13,15H2,1-2H3,(H,32,37)(H,31,33,34). The molecule has 1 aliphatic carbocycles. The predicted octanol–water partition coefficient (Wildman–Crippen LogP) is 5.07. The molecule has 1 saturated carbocycles. The smallest absolute Gasteiger partial charge is 0.224 e. The van der Waals surface area contributed by atoms with Gasteiger partial charge < -0.3 is 20.6 Å². The van der Waals surface area contributed by atoms with Crippen molar-refractivity contribution in [3.8, 4) is 6.07 Å². The lowest BCUT2D eigenvalue weighted by Gasteiger charge is -2.28. The molecule has 8 nitrogen and oxygen atoms in total. The fourth-order valence-corrected chi connectivity index (χ4v) is 6.04. The third-order valence-corrected chi connectivity index (χ3v) is 8.45. The summed E-state index contributed by atoms with van der Waals surface area (Å²) in [6.07, 6.45) is 6.72. The van der Waals surface area contributed by atoms with Crippen LogP contribution in [-0.4, -0.2) is 39.7 Å². The maximum Gasteiger partial charge on any atom is 0.224 e. The Hall–Kier alpha value is -3.48. The first-order valence-electron chi connectivity index (χ1n) is 13.3. The van der Waals surface area contributed by atoms with Gasteiger partial charge in [-0.15, -0.1) is 0 Å². The van der Waals surface area contributed by atoms with Crippen LogP contribution in [0.2, 0.25) is 0 Å². The Bertz CT molecular complexity index is 1320. The number of hydrogen-bond acceptors (Lipinski definition) is 8. The number of benzene rings is 1. The molecule has 0 radical (unpaired) electrons. The van der Waals surface area contributed by atoms with Gasteiger partial charge in [0, 0.05) is 12.6 Å². The van der Waals surface area contributed by atoms with Crippen molar-refractivity contribution in [2.75, 3.05) is 16.8 Å². The van der Waals surface area contributed by atoms with Gasteiger partial charge in [0.25, 0.3) is 0 Å². The van der Waals surface area contributed by atoms with Crippen LogP contribution in [0.4, 0.5) is 16.8 Å². The first-order chi connectivity index (χ1) is 18.4. The summed E-state index contributed by atoms with van der Waals surface area (Å²) in [5, 5.41) is 26.1. The number of hydrogen-bond donors (Lipinski definition) is 3. The molecule has 9 heteroatoms. The van der Waals surface area contributed by atoms with Gasteiger partial charge in [0.1, 0.15) is 22.6 Å². The highest BCUT2D eigenvalue weighted by Crippen LogP contribution is 2.38. The Kier molecular flexibility index (Phi) is 7.91. The Balaban J connectivity index is 1.44. The minimum atomic E-state index is -0.254. The van der Waals surface area contributed by atoms with Crippen molar-refractivity contribution < 1.29 is 9.90 Å². The summed E-state index contributed by atoms with van der Waals surface area (Å²) in [5.74, 6) is 1.47. The number of nitriles is 1. The van der Waals surface area contributed by atoms with Crippen molar-refractivity contribution in [3.05, 3.63) is 63.7 Å². The lowest BCUT2D eigenvalue weighted by atomic mass is 9.93. The number of pyridine rings is 1. The van der Waals surface area contributed by atoms with Crippen LogP contribution in [0.25, 0.3) is 0 Å². The van der Waals surface area contributed by atoms with Crippen molar-refractivity contribution in [2.24, 2.45) is 0 Å². The quantitative estimate of drug-likeness (QED) is 0.391. The van der Waals surface area contributed by atoms with E-state index >= 15 is 0 Å². The zero-order chi connectivity index (χ0) is 26.6. The van der Waals surface area contributed by atoms with Crippen molar-refractivity contribution in [1.82, 2.24) is 15.3 Å². The third kappa shape index (κ3) is 5.98. The lowest BCUT2D eigenvalue weighted by molar-refractivity contribution is -0.121. The predicted molar refractivity (Wildman–Crippen MR) is 150 cm³/mol. The molecule has 1 unspecified atom stereocenters. The minimum absolute atomic E-state index is 0.0184. The molecule has 5 rings (SSSR count). The number of anilines is 3. The molecule has 0 bridgehead atoms. The molecular weight excluding hydrogens is 496 g/mol. The molecule has 2 aliphatic rings. The molecular formula is C29H34N6O2S. The Morgan fingerprint density at radius 2 is 1.95 bits per heavy atom. The van der Waals surface area contributed by atoms with Crippen LogP contribution < -0.4 is 15.5 Å². The topological polar surface area (TPSA) is 114 Å². The summed E-state index contributed by atoms with van der Waals surface area (Å²) < 4.78 is 0.